The summed E-state index contributed by atoms with van der Waals surface area (Å²) in [5, 5.41) is 11.9. The van der Waals surface area contributed by atoms with E-state index in [2.05, 4.69) is 22.4 Å². The van der Waals surface area contributed by atoms with Gasteiger partial charge in [0.2, 0.25) is 11.8 Å². The summed E-state index contributed by atoms with van der Waals surface area (Å²) in [6.45, 7) is 10.6. The summed E-state index contributed by atoms with van der Waals surface area (Å²) in [6.07, 6.45) is 3.70. The average Bonchev–Trinajstić information content (AvgIpc) is 3.20. The van der Waals surface area contributed by atoms with E-state index in [0.29, 0.717) is 26.1 Å². The third kappa shape index (κ3) is 4.14. The van der Waals surface area contributed by atoms with E-state index in [4.69, 9.17) is 0 Å². The molecule has 0 radical (unpaired) electrons. The van der Waals surface area contributed by atoms with E-state index in [-0.39, 0.29) is 23.8 Å². The highest BCUT2D eigenvalue weighted by molar-refractivity contribution is 5.81. The van der Waals surface area contributed by atoms with Crippen molar-refractivity contribution in [1.29, 1.82) is 0 Å². The second-order valence-corrected chi connectivity index (χ2v) is 7.57. The average molecular weight is 374 g/mol. The predicted molar refractivity (Wildman–Crippen MR) is 103 cm³/mol. The van der Waals surface area contributed by atoms with Crippen LogP contribution in [-0.4, -0.2) is 55.4 Å². The summed E-state index contributed by atoms with van der Waals surface area (Å²) in [6, 6.07) is 0.156. The van der Waals surface area contributed by atoms with E-state index in [9.17, 15) is 9.59 Å². The van der Waals surface area contributed by atoms with Crippen LogP contribution in [0.25, 0.3) is 11.0 Å². The maximum atomic E-state index is 12.6. The number of fused-ring (bicyclic) bond motifs is 1. The maximum Gasteiger partial charge on any atom is 0.224 e. The van der Waals surface area contributed by atoms with Gasteiger partial charge in [-0.1, -0.05) is 0 Å². The quantitative estimate of drug-likeness (QED) is 0.834. The van der Waals surface area contributed by atoms with Crippen LogP contribution in [0.3, 0.4) is 0 Å². The lowest BCUT2D eigenvalue weighted by molar-refractivity contribution is -0.136. The molecule has 0 atom stereocenters. The number of piperidine rings is 1. The van der Waals surface area contributed by atoms with Crippen LogP contribution in [0, 0.1) is 12.8 Å². The number of nitrogens with zero attached hydrogens (tertiary/aromatic N) is 5. The zero-order valence-electron chi connectivity index (χ0n) is 16.7. The van der Waals surface area contributed by atoms with Gasteiger partial charge in [0.15, 0.2) is 0 Å². The molecule has 1 aliphatic rings. The molecule has 2 aromatic rings. The molecule has 0 spiro atoms. The van der Waals surface area contributed by atoms with Crippen molar-refractivity contribution in [1.82, 2.24) is 29.8 Å². The molecule has 2 aromatic heterocycles. The Morgan fingerprint density at radius 2 is 1.96 bits per heavy atom. The third-order valence-corrected chi connectivity index (χ3v) is 5.20. The van der Waals surface area contributed by atoms with Gasteiger partial charge in [-0.25, -0.2) is 0 Å². The molecule has 148 valence electrons. The van der Waals surface area contributed by atoms with Gasteiger partial charge in [-0.15, -0.1) is 0 Å². The highest BCUT2D eigenvalue weighted by atomic mass is 16.2. The van der Waals surface area contributed by atoms with E-state index in [1.165, 1.54) is 0 Å². The highest BCUT2D eigenvalue weighted by Gasteiger charge is 2.27. The van der Waals surface area contributed by atoms with E-state index in [1.807, 2.05) is 41.2 Å². The highest BCUT2D eigenvalue weighted by Crippen LogP contribution is 2.20. The fourth-order valence-corrected chi connectivity index (χ4v) is 3.78. The fourth-order valence-electron chi connectivity index (χ4n) is 3.78. The van der Waals surface area contributed by atoms with Gasteiger partial charge in [0.05, 0.1) is 18.4 Å². The monoisotopic (exact) mass is 374 g/mol. The Kier molecular flexibility index (Phi) is 5.82. The molecule has 3 rings (SSSR count). The summed E-state index contributed by atoms with van der Waals surface area (Å²) in [5.74, 6) is 0.256. The second kappa shape index (κ2) is 8.10. The zero-order chi connectivity index (χ0) is 19.6. The van der Waals surface area contributed by atoms with Gasteiger partial charge in [-0.05, 0) is 40.5 Å². The van der Waals surface area contributed by atoms with Gasteiger partial charge in [-0.3, -0.25) is 19.0 Å². The molecule has 8 heteroatoms. The van der Waals surface area contributed by atoms with Gasteiger partial charge >= 0.3 is 0 Å². The van der Waals surface area contributed by atoms with Gasteiger partial charge in [0.1, 0.15) is 11.0 Å². The van der Waals surface area contributed by atoms with Gasteiger partial charge < -0.3 is 10.2 Å². The number of likely N-dealkylation sites (tertiary alicyclic amines) is 1. The standard InChI is InChI=1S/C19H30N6O2/c1-5-24-16-12-20-25(18(16)14(4)22-24)11-8-17(26)23-9-6-15(7-10-23)19(27)21-13(2)3/h12-13,15H,5-11H2,1-4H3,(H,21,27). The molecule has 1 saturated heterocycles. The van der Waals surface area contributed by atoms with Crippen molar-refractivity contribution >= 4 is 22.8 Å². The van der Waals surface area contributed by atoms with Crippen LogP contribution in [0.5, 0.6) is 0 Å². The molecule has 1 N–H and O–H groups in total. The SMILES string of the molecule is CCn1nc(C)c2c1cnn2CCC(=O)N1CCC(C(=O)NC(C)C)CC1. The first-order valence-corrected chi connectivity index (χ1v) is 9.87. The third-order valence-electron chi connectivity index (χ3n) is 5.20. The minimum absolute atomic E-state index is 0.0183. The van der Waals surface area contributed by atoms with Gasteiger partial charge in [-0.2, -0.15) is 10.2 Å². The molecule has 0 bridgehead atoms. The number of carbonyl (C=O) groups excluding carboxylic acids is 2. The van der Waals surface area contributed by atoms with Crippen molar-refractivity contribution in [3.63, 3.8) is 0 Å². The Morgan fingerprint density at radius 3 is 2.59 bits per heavy atom. The van der Waals surface area contributed by atoms with E-state index < -0.39 is 0 Å². The van der Waals surface area contributed by atoms with E-state index >= 15 is 0 Å². The largest absolute Gasteiger partial charge is 0.354 e. The van der Waals surface area contributed by atoms with Crippen LogP contribution in [0.15, 0.2) is 6.20 Å². The molecule has 27 heavy (non-hydrogen) atoms. The molecule has 0 aromatic carbocycles. The van der Waals surface area contributed by atoms with Crippen LogP contribution < -0.4 is 5.32 Å². The lowest BCUT2D eigenvalue weighted by Crippen LogP contribution is -2.44. The summed E-state index contributed by atoms with van der Waals surface area (Å²) < 4.78 is 3.81. The molecule has 1 aliphatic heterocycles. The minimum atomic E-state index is 0.0183. The number of rotatable bonds is 6. The fraction of sp³-hybridized carbons (Fsp3) is 0.684. The second-order valence-electron chi connectivity index (χ2n) is 7.57. The van der Waals surface area contributed by atoms with Crippen LogP contribution in [-0.2, 0) is 22.7 Å². The number of aromatic nitrogens is 4. The molecule has 1 fully saturated rings. The Balaban J connectivity index is 1.54. The Morgan fingerprint density at radius 1 is 1.26 bits per heavy atom. The van der Waals surface area contributed by atoms with E-state index in [0.717, 1.165) is 36.1 Å². The van der Waals surface area contributed by atoms with Crippen LogP contribution in [0.1, 0.15) is 45.7 Å². The zero-order valence-corrected chi connectivity index (χ0v) is 16.7. The molecular weight excluding hydrogens is 344 g/mol. The Labute approximate surface area is 159 Å². The number of nitrogens with one attached hydrogen (secondary N) is 1. The molecule has 0 aliphatic carbocycles. The minimum Gasteiger partial charge on any atom is -0.354 e. The normalized spacial score (nSPS) is 15.7. The molecule has 3 heterocycles. The summed E-state index contributed by atoms with van der Waals surface area (Å²) in [5.41, 5.74) is 2.96. The Bertz CT molecular complexity index is 814. The first-order valence-electron chi connectivity index (χ1n) is 9.87. The smallest absolute Gasteiger partial charge is 0.224 e. The number of hydrogen-bond acceptors (Lipinski definition) is 4. The predicted octanol–water partition coefficient (Wildman–Crippen LogP) is 1.71. The molecule has 8 nitrogen and oxygen atoms in total. The van der Waals surface area contributed by atoms with Crippen molar-refractivity contribution in [2.75, 3.05) is 13.1 Å². The number of carbonyl (C=O) groups is 2. The lowest BCUT2D eigenvalue weighted by Gasteiger charge is -2.31. The van der Waals surface area contributed by atoms with E-state index in [1.54, 1.807) is 0 Å². The Hall–Kier alpha value is -2.38. The van der Waals surface area contributed by atoms with Crippen molar-refractivity contribution in [2.45, 2.75) is 66.1 Å². The topological polar surface area (TPSA) is 85.1 Å². The number of amides is 2. The lowest BCUT2D eigenvalue weighted by atomic mass is 9.95. The molecular formula is C19H30N6O2. The van der Waals surface area contributed by atoms with Crippen molar-refractivity contribution < 1.29 is 9.59 Å². The van der Waals surface area contributed by atoms with Crippen molar-refractivity contribution in [3.05, 3.63) is 11.9 Å². The molecule has 0 saturated carbocycles. The summed E-state index contributed by atoms with van der Waals surface area (Å²) in [4.78, 5) is 26.6. The summed E-state index contributed by atoms with van der Waals surface area (Å²) in [7, 11) is 0. The van der Waals surface area contributed by atoms with Crippen molar-refractivity contribution in [3.8, 4) is 0 Å². The van der Waals surface area contributed by atoms with Crippen LogP contribution >= 0.6 is 0 Å². The number of aryl methyl sites for hydroxylation is 3. The first kappa shape index (κ1) is 19.4. The van der Waals surface area contributed by atoms with Crippen LogP contribution in [0.4, 0.5) is 0 Å². The summed E-state index contributed by atoms with van der Waals surface area (Å²) >= 11 is 0. The van der Waals surface area contributed by atoms with Gasteiger partial charge in [0.25, 0.3) is 0 Å². The van der Waals surface area contributed by atoms with Crippen molar-refractivity contribution in [2.24, 2.45) is 5.92 Å². The molecule has 0 unspecified atom stereocenters. The maximum absolute atomic E-state index is 12.6. The van der Waals surface area contributed by atoms with Crippen LogP contribution in [0.2, 0.25) is 0 Å². The molecule has 2 amide bonds. The first-order chi connectivity index (χ1) is 12.9. The van der Waals surface area contributed by atoms with Gasteiger partial charge in [0, 0.05) is 38.0 Å². The number of hydrogen-bond donors (Lipinski definition) is 1.